The van der Waals surface area contributed by atoms with Gasteiger partial charge in [0.05, 0.1) is 20.1 Å². The van der Waals surface area contributed by atoms with Crippen molar-refractivity contribution in [2.45, 2.75) is 6.42 Å². The lowest BCUT2D eigenvalue weighted by Gasteiger charge is -2.06. The summed E-state index contributed by atoms with van der Waals surface area (Å²) in [5.74, 6) is 0.135. The molecule has 2 aromatic carbocycles. The van der Waals surface area contributed by atoms with Gasteiger partial charge >= 0.3 is 0 Å². The van der Waals surface area contributed by atoms with Crippen LogP contribution in [0.15, 0.2) is 42.6 Å². The standard InChI is InChI=1S/C18H12Cl4N2O2S/c19-13-3-1-10(6-15(13)21)5-12-8-23-18(27-12)24-17(25)9-26-11-2-4-14(20)16(22)7-11/h1-4,6-8H,5,9H2,(H,23,24,25). The quantitative estimate of drug-likeness (QED) is 0.464. The third kappa shape index (κ3) is 5.74. The molecular weight excluding hydrogens is 450 g/mol. The van der Waals surface area contributed by atoms with Crippen molar-refractivity contribution in [3.05, 3.63) is 73.1 Å². The Morgan fingerprint density at radius 1 is 1.00 bits per heavy atom. The fraction of sp³-hybridized carbons (Fsp3) is 0.111. The SMILES string of the molecule is O=C(COc1ccc(Cl)c(Cl)c1)Nc1ncc(Cc2ccc(Cl)c(Cl)c2)s1. The van der Waals surface area contributed by atoms with Crippen molar-refractivity contribution in [2.24, 2.45) is 0 Å². The smallest absolute Gasteiger partial charge is 0.264 e. The highest BCUT2D eigenvalue weighted by molar-refractivity contribution is 7.15. The van der Waals surface area contributed by atoms with Crippen molar-refractivity contribution in [3.63, 3.8) is 0 Å². The van der Waals surface area contributed by atoms with Gasteiger partial charge in [-0.3, -0.25) is 10.1 Å². The number of halogens is 4. The summed E-state index contributed by atoms with van der Waals surface area (Å²) in [5, 5.41) is 5.00. The van der Waals surface area contributed by atoms with Gasteiger partial charge in [0.2, 0.25) is 0 Å². The number of hydrogen-bond donors (Lipinski definition) is 1. The first kappa shape index (κ1) is 20.2. The van der Waals surface area contributed by atoms with Gasteiger partial charge in [-0.05, 0) is 29.8 Å². The summed E-state index contributed by atoms with van der Waals surface area (Å²) in [6.07, 6.45) is 2.35. The molecule has 3 aromatic rings. The largest absolute Gasteiger partial charge is 0.484 e. The zero-order chi connectivity index (χ0) is 19.4. The number of ether oxygens (including phenoxy) is 1. The molecule has 1 amide bonds. The molecule has 3 rings (SSSR count). The highest BCUT2D eigenvalue weighted by Gasteiger charge is 2.10. The van der Waals surface area contributed by atoms with Crippen molar-refractivity contribution in [1.82, 2.24) is 4.98 Å². The Morgan fingerprint density at radius 3 is 2.41 bits per heavy atom. The molecule has 0 atom stereocenters. The predicted octanol–water partition coefficient (Wildman–Crippen LogP) is 6.37. The van der Waals surface area contributed by atoms with E-state index < -0.39 is 0 Å². The molecule has 0 aliphatic rings. The molecule has 27 heavy (non-hydrogen) atoms. The van der Waals surface area contributed by atoms with E-state index in [1.807, 2.05) is 12.1 Å². The van der Waals surface area contributed by atoms with E-state index in [1.165, 1.54) is 11.3 Å². The Hall–Kier alpha value is -1.50. The van der Waals surface area contributed by atoms with Gasteiger partial charge in [-0.2, -0.15) is 0 Å². The van der Waals surface area contributed by atoms with Gasteiger partial charge in [-0.25, -0.2) is 4.98 Å². The van der Waals surface area contributed by atoms with Crippen LogP contribution in [0.25, 0.3) is 0 Å². The summed E-state index contributed by atoms with van der Waals surface area (Å²) in [6.45, 7) is -0.167. The van der Waals surface area contributed by atoms with E-state index in [-0.39, 0.29) is 12.5 Å². The van der Waals surface area contributed by atoms with Gasteiger partial charge in [0.25, 0.3) is 5.91 Å². The summed E-state index contributed by atoms with van der Waals surface area (Å²) in [7, 11) is 0. The topological polar surface area (TPSA) is 51.2 Å². The van der Waals surface area contributed by atoms with Crippen LogP contribution in [0.2, 0.25) is 20.1 Å². The minimum atomic E-state index is -0.323. The highest BCUT2D eigenvalue weighted by Crippen LogP contribution is 2.27. The summed E-state index contributed by atoms with van der Waals surface area (Å²) in [6, 6.07) is 10.3. The fourth-order valence-corrected chi connectivity index (χ4v) is 3.64. The van der Waals surface area contributed by atoms with Crippen molar-refractivity contribution >= 4 is 68.8 Å². The van der Waals surface area contributed by atoms with Crippen molar-refractivity contribution in [3.8, 4) is 5.75 Å². The summed E-state index contributed by atoms with van der Waals surface area (Å²) in [4.78, 5) is 17.2. The molecule has 0 radical (unpaired) electrons. The van der Waals surface area contributed by atoms with Gasteiger partial charge in [-0.15, -0.1) is 11.3 Å². The van der Waals surface area contributed by atoms with Crippen LogP contribution in [0.1, 0.15) is 10.4 Å². The molecule has 0 aliphatic carbocycles. The number of rotatable bonds is 6. The van der Waals surface area contributed by atoms with Crippen LogP contribution in [-0.2, 0) is 11.2 Å². The predicted molar refractivity (Wildman–Crippen MR) is 112 cm³/mol. The van der Waals surface area contributed by atoms with Crippen molar-refractivity contribution < 1.29 is 9.53 Å². The lowest BCUT2D eigenvalue weighted by Crippen LogP contribution is -2.19. The average molecular weight is 462 g/mol. The maximum absolute atomic E-state index is 12.0. The van der Waals surface area contributed by atoms with Crippen molar-refractivity contribution in [2.75, 3.05) is 11.9 Å². The first-order chi connectivity index (χ1) is 12.9. The van der Waals surface area contributed by atoms with Gasteiger partial charge in [0, 0.05) is 23.6 Å². The molecule has 0 bridgehead atoms. The van der Waals surface area contributed by atoms with E-state index in [4.69, 9.17) is 51.1 Å². The number of amides is 1. The number of hydrogen-bond acceptors (Lipinski definition) is 4. The second-order valence-corrected chi connectivity index (χ2v) is 8.21. The molecule has 0 saturated carbocycles. The summed E-state index contributed by atoms with van der Waals surface area (Å²) < 4.78 is 5.40. The molecule has 140 valence electrons. The Bertz CT molecular complexity index is 978. The van der Waals surface area contributed by atoms with E-state index in [1.54, 1.807) is 30.5 Å². The van der Waals surface area contributed by atoms with Crippen molar-refractivity contribution in [1.29, 1.82) is 0 Å². The number of nitrogens with one attached hydrogen (secondary N) is 1. The minimum absolute atomic E-state index is 0.167. The molecule has 0 fully saturated rings. The van der Waals surface area contributed by atoms with Gasteiger partial charge in [0.1, 0.15) is 5.75 Å². The van der Waals surface area contributed by atoms with Gasteiger partial charge in [-0.1, -0.05) is 52.5 Å². The zero-order valence-corrected chi connectivity index (χ0v) is 17.5. The molecule has 0 saturated heterocycles. The maximum Gasteiger partial charge on any atom is 0.264 e. The molecule has 1 aromatic heterocycles. The lowest BCUT2D eigenvalue weighted by atomic mass is 10.1. The Kier molecular flexibility index (Phi) is 6.84. The molecule has 0 aliphatic heterocycles. The van der Waals surface area contributed by atoms with Gasteiger partial charge < -0.3 is 4.74 Å². The summed E-state index contributed by atoms with van der Waals surface area (Å²) >= 11 is 25.1. The van der Waals surface area contributed by atoms with E-state index in [0.29, 0.717) is 37.4 Å². The zero-order valence-electron chi connectivity index (χ0n) is 13.6. The number of benzene rings is 2. The molecular formula is C18H12Cl4N2O2S. The van der Waals surface area contributed by atoms with Crippen LogP contribution in [-0.4, -0.2) is 17.5 Å². The Morgan fingerprint density at radius 2 is 1.70 bits per heavy atom. The fourth-order valence-electron chi connectivity index (χ4n) is 2.17. The van der Waals surface area contributed by atoms with Crippen LogP contribution in [0, 0.1) is 0 Å². The minimum Gasteiger partial charge on any atom is -0.484 e. The number of carbonyl (C=O) groups is 1. The van der Waals surface area contributed by atoms with Gasteiger partial charge in [0.15, 0.2) is 11.7 Å². The molecule has 1 N–H and O–H groups in total. The number of nitrogens with zero attached hydrogens (tertiary/aromatic N) is 1. The molecule has 0 unspecified atom stereocenters. The second kappa shape index (κ2) is 9.13. The van der Waals surface area contributed by atoms with Crippen LogP contribution < -0.4 is 10.1 Å². The molecule has 0 spiro atoms. The number of carbonyl (C=O) groups excluding carboxylic acids is 1. The molecule has 4 nitrogen and oxygen atoms in total. The lowest BCUT2D eigenvalue weighted by molar-refractivity contribution is -0.118. The van der Waals surface area contributed by atoms with Crippen LogP contribution in [0.3, 0.4) is 0 Å². The number of thiazole rings is 1. The van der Waals surface area contributed by atoms with Crippen LogP contribution in [0.5, 0.6) is 5.75 Å². The van der Waals surface area contributed by atoms with Crippen LogP contribution in [0.4, 0.5) is 5.13 Å². The summed E-state index contributed by atoms with van der Waals surface area (Å²) in [5.41, 5.74) is 1.01. The molecule has 9 heteroatoms. The third-order valence-corrected chi connectivity index (χ3v) is 5.81. The number of aromatic nitrogens is 1. The monoisotopic (exact) mass is 460 g/mol. The number of anilines is 1. The maximum atomic E-state index is 12.0. The molecule has 1 heterocycles. The normalized spacial score (nSPS) is 10.7. The van der Waals surface area contributed by atoms with E-state index >= 15 is 0 Å². The van der Waals surface area contributed by atoms with Crippen LogP contribution >= 0.6 is 57.7 Å². The van der Waals surface area contributed by atoms with E-state index in [9.17, 15) is 4.79 Å². The Balaban J connectivity index is 1.54. The average Bonchev–Trinajstić information content (AvgIpc) is 3.06. The second-order valence-electron chi connectivity index (χ2n) is 5.47. The Labute approximate surface area is 180 Å². The highest BCUT2D eigenvalue weighted by atomic mass is 35.5. The first-order valence-corrected chi connectivity index (χ1v) is 10.00. The van der Waals surface area contributed by atoms with E-state index in [2.05, 4.69) is 10.3 Å². The van der Waals surface area contributed by atoms with E-state index in [0.717, 1.165) is 10.4 Å². The third-order valence-electron chi connectivity index (χ3n) is 3.42. The first-order valence-electron chi connectivity index (χ1n) is 7.67.